The summed E-state index contributed by atoms with van der Waals surface area (Å²) in [5.74, 6) is -0.187. The molecule has 3 rings (SSSR count). The molecule has 0 spiro atoms. The van der Waals surface area contributed by atoms with Crippen LogP contribution in [0.15, 0.2) is 48.5 Å². The minimum atomic E-state index is -0.503. The molecule has 0 saturated carbocycles. The van der Waals surface area contributed by atoms with Crippen LogP contribution in [0.4, 0.5) is 16.2 Å². The van der Waals surface area contributed by atoms with Crippen LogP contribution in [0.1, 0.15) is 63.2 Å². The number of amides is 4. The third-order valence-electron chi connectivity index (χ3n) is 8.17. The highest BCUT2D eigenvalue weighted by atomic mass is 16.5. The SMILES string of the molecule is C[C@@H]1CCCCO[C@@H](CN(C)C(=O)Nc2ccccc2)[C@H](C)CN([C@H](C)CO)C(=O)c2cc(NC(=O)CCCN(C)C)ccc2O1. The van der Waals surface area contributed by atoms with E-state index in [0.29, 0.717) is 42.3 Å². The van der Waals surface area contributed by atoms with Gasteiger partial charge >= 0.3 is 6.03 Å². The summed E-state index contributed by atoms with van der Waals surface area (Å²) in [6.07, 6.45) is 3.00. The highest BCUT2D eigenvalue weighted by molar-refractivity contribution is 5.99. The molecule has 0 aromatic heterocycles. The molecule has 4 atom stereocenters. The Bertz CT molecular complexity index is 1260. The number of nitrogens with one attached hydrogen (secondary N) is 2. The van der Waals surface area contributed by atoms with E-state index in [-0.39, 0.29) is 49.1 Å². The van der Waals surface area contributed by atoms with Gasteiger partial charge in [-0.1, -0.05) is 25.1 Å². The number of para-hydroxylation sites is 1. The van der Waals surface area contributed by atoms with Crippen molar-refractivity contribution in [2.24, 2.45) is 5.92 Å². The van der Waals surface area contributed by atoms with Crippen LogP contribution in [-0.4, -0.2) is 110 Å². The van der Waals surface area contributed by atoms with Gasteiger partial charge in [0.15, 0.2) is 0 Å². The number of anilines is 2. The third-order valence-corrected chi connectivity index (χ3v) is 8.17. The molecule has 3 N–H and O–H groups in total. The van der Waals surface area contributed by atoms with Gasteiger partial charge in [0, 0.05) is 50.5 Å². The van der Waals surface area contributed by atoms with Gasteiger partial charge in [0.25, 0.3) is 5.91 Å². The van der Waals surface area contributed by atoms with Crippen molar-refractivity contribution in [1.82, 2.24) is 14.7 Å². The number of aliphatic hydroxyl groups excluding tert-OH is 1. The van der Waals surface area contributed by atoms with Gasteiger partial charge in [-0.2, -0.15) is 0 Å². The van der Waals surface area contributed by atoms with Gasteiger partial charge in [0.2, 0.25) is 5.91 Å². The van der Waals surface area contributed by atoms with Crippen molar-refractivity contribution in [2.75, 3.05) is 64.6 Å². The molecular weight excluding hydrogens is 586 g/mol. The Balaban J connectivity index is 1.86. The van der Waals surface area contributed by atoms with Crippen LogP contribution in [0.5, 0.6) is 5.75 Å². The van der Waals surface area contributed by atoms with E-state index in [9.17, 15) is 19.5 Å². The summed E-state index contributed by atoms with van der Waals surface area (Å²) in [7, 11) is 5.66. The second kappa shape index (κ2) is 18.5. The molecule has 254 valence electrons. The van der Waals surface area contributed by atoms with Crippen LogP contribution in [0.25, 0.3) is 0 Å². The molecule has 4 amide bonds. The largest absolute Gasteiger partial charge is 0.490 e. The van der Waals surface area contributed by atoms with E-state index in [4.69, 9.17) is 9.47 Å². The summed E-state index contributed by atoms with van der Waals surface area (Å²) in [6.45, 7) is 7.42. The Morgan fingerprint density at radius 1 is 1.04 bits per heavy atom. The molecule has 0 aliphatic carbocycles. The summed E-state index contributed by atoms with van der Waals surface area (Å²) in [6, 6.07) is 13.7. The summed E-state index contributed by atoms with van der Waals surface area (Å²) < 4.78 is 12.6. The Hall–Kier alpha value is -3.67. The third kappa shape index (κ3) is 11.6. The molecule has 0 unspecified atom stereocenters. The zero-order chi connectivity index (χ0) is 33.6. The van der Waals surface area contributed by atoms with Gasteiger partial charge in [-0.15, -0.1) is 0 Å². The molecule has 1 aliphatic rings. The van der Waals surface area contributed by atoms with Crippen LogP contribution in [0.3, 0.4) is 0 Å². The lowest BCUT2D eigenvalue weighted by Gasteiger charge is -2.35. The average Bonchev–Trinajstić information content (AvgIpc) is 3.02. The number of likely N-dealkylation sites (N-methyl/N-ethyl adjacent to an activating group) is 1. The standard InChI is InChI=1S/C35H53N5O6/c1-25-22-40(26(2)24-41)34(43)30-21-29(36-33(42)16-12-19-38(4)5)17-18-31(30)46-27(3)13-10-11-20-45-32(25)23-39(6)35(44)37-28-14-8-7-9-15-28/h7-9,14-15,17-18,21,25-27,32,41H,10-13,16,19-20,22-24H2,1-6H3,(H,36,42)(H,37,44)/t25-,26-,27-,32+/m1/s1. The van der Waals surface area contributed by atoms with Gasteiger partial charge < -0.3 is 39.9 Å². The number of carbonyl (C=O) groups excluding carboxylic acids is 3. The summed E-state index contributed by atoms with van der Waals surface area (Å²) in [5, 5.41) is 16.0. The molecule has 0 bridgehead atoms. The fraction of sp³-hybridized carbons (Fsp3) is 0.571. The molecule has 0 saturated heterocycles. The summed E-state index contributed by atoms with van der Waals surface area (Å²) >= 11 is 0. The lowest BCUT2D eigenvalue weighted by atomic mass is 10.0. The first-order valence-corrected chi connectivity index (χ1v) is 16.3. The van der Waals surface area contributed by atoms with Crippen molar-refractivity contribution in [3.8, 4) is 5.75 Å². The molecule has 0 fully saturated rings. The molecule has 11 nitrogen and oxygen atoms in total. The monoisotopic (exact) mass is 639 g/mol. The van der Waals surface area contributed by atoms with Crippen LogP contribution >= 0.6 is 0 Å². The minimum absolute atomic E-state index is 0.126. The second-order valence-electron chi connectivity index (χ2n) is 12.6. The Labute approximate surface area is 274 Å². The van der Waals surface area contributed by atoms with Crippen molar-refractivity contribution >= 4 is 29.2 Å². The minimum Gasteiger partial charge on any atom is -0.490 e. The first kappa shape index (κ1) is 36.8. The van der Waals surface area contributed by atoms with E-state index >= 15 is 0 Å². The van der Waals surface area contributed by atoms with Crippen molar-refractivity contribution in [1.29, 1.82) is 0 Å². The molecular formula is C35H53N5O6. The number of nitrogens with zero attached hydrogens (tertiary/aromatic N) is 3. The van der Waals surface area contributed by atoms with E-state index in [1.54, 1.807) is 42.0 Å². The zero-order valence-corrected chi connectivity index (χ0v) is 28.3. The summed E-state index contributed by atoms with van der Waals surface area (Å²) in [5.41, 5.74) is 1.53. The predicted molar refractivity (Wildman–Crippen MR) is 181 cm³/mol. The quantitative estimate of drug-likeness (QED) is 0.337. The van der Waals surface area contributed by atoms with Gasteiger partial charge in [-0.3, -0.25) is 9.59 Å². The molecule has 2 aromatic carbocycles. The number of hydrogen-bond donors (Lipinski definition) is 3. The maximum absolute atomic E-state index is 14.3. The predicted octanol–water partition coefficient (Wildman–Crippen LogP) is 4.93. The topological polar surface area (TPSA) is 124 Å². The number of benzene rings is 2. The summed E-state index contributed by atoms with van der Waals surface area (Å²) in [4.78, 5) is 45.2. The maximum Gasteiger partial charge on any atom is 0.321 e. The lowest BCUT2D eigenvalue weighted by molar-refractivity contribution is -0.116. The van der Waals surface area contributed by atoms with E-state index in [1.807, 2.05) is 63.2 Å². The van der Waals surface area contributed by atoms with E-state index in [2.05, 4.69) is 10.6 Å². The smallest absolute Gasteiger partial charge is 0.321 e. The Morgan fingerprint density at radius 2 is 1.78 bits per heavy atom. The number of carbonyl (C=O) groups is 3. The average molecular weight is 640 g/mol. The first-order chi connectivity index (χ1) is 22.0. The molecule has 2 aromatic rings. The number of aliphatic hydroxyl groups is 1. The van der Waals surface area contributed by atoms with E-state index in [0.717, 1.165) is 32.2 Å². The van der Waals surface area contributed by atoms with Gasteiger partial charge in [-0.25, -0.2) is 4.79 Å². The Kier molecular flexibility index (Phi) is 14.8. The number of hydrogen-bond acceptors (Lipinski definition) is 7. The maximum atomic E-state index is 14.3. The zero-order valence-electron chi connectivity index (χ0n) is 28.3. The fourth-order valence-corrected chi connectivity index (χ4v) is 5.34. The van der Waals surface area contributed by atoms with E-state index < -0.39 is 6.04 Å². The normalized spacial score (nSPS) is 20.2. The van der Waals surface area contributed by atoms with Crippen LogP contribution < -0.4 is 15.4 Å². The Morgan fingerprint density at radius 3 is 2.48 bits per heavy atom. The fourth-order valence-electron chi connectivity index (χ4n) is 5.34. The number of urea groups is 1. The van der Waals surface area contributed by atoms with Crippen LogP contribution in [0.2, 0.25) is 0 Å². The van der Waals surface area contributed by atoms with Crippen LogP contribution in [-0.2, 0) is 9.53 Å². The number of ether oxygens (including phenoxy) is 2. The van der Waals surface area contributed by atoms with Gasteiger partial charge in [0.05, 0.1) is 30.4 Å². The van der Waals surface area contributed by atoms with Crippen molar-refractivity contribution in [3.63, 3.8) is 0 Å². The lowest BCUT2D eigenvalue weighted by Crippen LogP contribution is -2.48. The van der Waals surface area contributed by atoms with Gasteiger partial charge in [0.1, 0.15) is 5.75 Å². The van der Waals surface area contributed by atoms with Crippen LogP contribution in [0, 0.1) is 5.92 Å². The van der Waals surface area contributed by atoms with E-state index in [1.165, 1.54) is 0 Å². The highest BCUT2D eigenvalue weighted by Crippen LogP contribution is 2.28. The van der Waals surface area contributed by atoms with Crippen molar-refractivity contribution in [2.45, 2.75) is 71.1 Å². The first-order valence-electron chi connectivity index (χ1n) is 16.3. The van der Waals surface area contributed by atoms with Crippen molar-refractivity contribution in [3.05, 3.63) is 54.1 Å². The second-order valence-corrected chi connectivity index (χ2v) is 12.6. The van der Waals surface area contributed by atoms with Crippen molar-refractivity contribution < 1.29 is 29.0 Å². The molecule has 11 heteroatoms. The highest BCUT2D eigenvalue weighted by Gasteiger charge is 2.31. The number of fused-ring (bicyclic) bond motifs is 1. The molecule has 46 heavy (non-hydrogen) atoms. The number of rotatable bonds is 10. The molecule has 1 aliphatic heterocycles. The molecule has 1 heterocycles. The van der Waals surface area contributed by atoms with Gasteiger partial charge in [-0.05, 0) is 90.5 Å². The molecule has 0 radical (unpaired) electrons.